The van der Waals surface area contributed by atoms with Gasteiger partial charge in [-0.15, -0.1) is 0 Å². The van der Waals surface area contributed by atoms with Crippen molar-refractivity contribution in [3.05, 3.63) is 204 Å². The van der Waals surface area contributed by atoms with Crippen LogP contribution in [-0.2, 0) is 5.41 Å². The number of nitriles is 1. The molecule has 3 aromatic heterocycles. The van der Waals surface area contributed by atoms with Gasteiger partial charge < -0.3 is 13.7 Å². The van der Waals surface area contributed by atoms with Crippen LogP contribution in [0.4, 0.5) is 5.69 Å². The summed E-state index contributed by atoms with van der Waals surface area (Å²) >= 11 is 0. The lowest BCUT2D eigenvalue weighted by molar-refractivity contribution is 0.666. The largest absolute Gasteiger partial charge is 0.319 e. The summed E-state index contributed by atoms with van der Waals surface area (Å²) in [6.07, 6.45) is 0. The molecule has 0 radical (unpaired) electrons. The molecule has 62 heavy (non-hydrogen) atoms. The van der Waals surface area contributed by atoms with E-state index in [9.17, 15) is 5.26 Å². The second kappa shape index (κ2) is 12.3. The van der Waals surface area contributed by atoms with E-state index < -0.39 is 0 Å². The smallest absolute Gasteiger partial charge is 0.212 e. The first-order chi connectivity index (χ1) is 30.5. The van der Waals surface area contributed by atoms with Crippen LogP contribution in [0.2, 0.25) is 0 Å². The molecule has 13 rings (SSSR count). The lowest BCUT2D eigenvalue weighted by atomic mass is 9.80. The summed E-state index contributed by atoms with van der Waals surface area (Å²) in [5.74, 6) is 0. The predicted molar refractivity (Wildman–Crippen MR) is 256 cm³/mol. The monoisotopic (exact) mass is 789 g/mol. The molecule has 0 saturated carbocycles. The van der Waals surface area contributed by atoms with Crippen LogP contribution < -0.4 is 0 Å². The SMILES string of the molecule is [C-]#[N+]c1cc(-n2c3ccc(-n4c5ccccc5c5ccccc54)cc3c3c4c(ccc32)-c2ccccc2C4(C)C)c(C#N)cc1-n1c2ccccc2c2c3ccccc3ccc21. The molecule has 0 N–H and O–H groups in total. The van der Waals surface area contributed by atoms with Gasteiger partial charge in [0.2, 0.25) is 5.69 Å². The van der Waals surface area contributed by atoms with Crippen molar-refractivity contribution >= 4 is 81.9 Å². The van der Waals surface area contributed by atoms with Crippen LogP contribution in [0.25, 0.3) is 109 Å². The zero-order valence-electron chi connectivity index (χ0n) is 34.0. The van der Waals surface area contributed by atoms with Crippen LogP contribution in [0.15, 0.2) is 176 Å². The molecule has 0 fully saturated rings. The maximum absolute atomic E-state index is 11.2. The normalized spacial score (nSPS) is 13.1. The number of para-hydroxylation sites is 3. The molecule has 0 atom stereocenters. The van der Waals surface area contributed by atoms with Crippen molar-refractivity contribution in [1.29, 1.82) is 5.26 Å². The van der Waals surface area contributed by atoms with Crippen molar-refractivity contribution in [2.75, 3.05) is 0 Å². The average Bonchev–Trinajstić information content (AvgIpc) is 4.02. The first-order valence-electron chi connectivity index (χ1n) is 21.0. The molecule has 1 aliphatic rings. The van der Waals surface area contributed by atoms with Crippen molar-refractivity contribution in [2.45, 2.75) is 19.3 Å². The predicted octanol–water partition coefficient (Wildman–Crippen LogP) is 14.9. The van der Waals surface area contributed by atoms with Gasteiger partial charge in [-0.3, -0.25) is 0 Å². The van der Waals surface area contributed by atoms with E-state index >= 15 is 0 Å². The third-order valence-corrected chi connectivity index (χ3v) is 13.6. The van der Waals surface area contributed by atoms with E-state index in [0.717, 1.165) is 71.1 Å². The van der Waals surface area contributed by atoms with Crippen molar-refractivity contribution in [3.63, 3.8) is 0 Å². The Hall–Kier alpha value is -8.38. The topological polar surface area (TPSA) is 42.9 Å². The van der Waals surface area contributed by atoms with Gasteiger partial charge in [-0.1, -0.05) is 129 Å². The Kier molecular flexibility index (Phi) is 6.86. The van der Waals surface area contributed by atoms with Gasteiger partial charge in [-0.2, -0.15) is 5.26 Å². The van der Waals surface area contributed by atoms with Crippen LogP contribution in [0.3, 0.4) is 0 Å². The van der Waals surface area contributed by atoms with Crippen LogP contribution in [0.1, 0.15) is 30.5 Å². The summed E-state index contributed by atoms with van der Waals surface area (Å²) in [4.78, 5) is 4.23. The molecule has 5 nitrogen and oxygen atoms in total. The maximum atomic E-state index is 11.2. The molecule has 0 aliphatic heterocycles. The van der Waals surface area contributed by atoms with Crippen LogP contribution >= 0.6 is 0 Å². The van der Waals surface area contributed by atoms with Crippen molar-refractivity contribution in [1.82, 2.24) is 13.7 Å². The fraction of sp³-hybridized carbons (Fsp3) is 0.0526. The minimum absolute atomic E-state index is 0.294. The Morgan fingerprint density at radius 3 is 1.81 bits per heavy atom. The fourth-order valence-electron chi connectivity index (χ4n) is 11.1. The number of benzene rings is 9. The van der Waals surface area contributed by atoms with Crippen LogP contribution in [0, 0.1) is 17.9 Å². The molecule has 3 heterocycles. The van der Waals surface area contributed by atoms with E-state index in [1.807, 2.05) is 18.2 Å². The highest BCUT2D eigenvalue weighted by atomic mass is 15.0. The number of aromatic nitrogens is 3. The number of fused-ring (bicyclic) bond motifs is 15. The second-order valence-corrected chi connectivity index (χ2v) is 17.1. The third-order valence-electron chi connectivity index (χ3n) is 13.6. The van der Waals surface area contributed by atoms with E-state index in [-0.39, 0.29) is 5.41 Å². The van der Waals surface area contributed by atoms with Crippen LogP contribution in [0.5, 0.6) is 0 Å². The summed E-state index contributed by atoms with van der Waals surface area (Å²) in [5.41, 5.74) is 14.5. The van der Waals surface area contributed by atoms with Gasteiger partial charge in [0.15, 0.2) is 0 Å². The molecular formula is C57H35N5. The third kappa shape index (κ3) is 4.39. The highest BCUT2D eigenvalue weighted by Gasteiger charge is 2.38. The Morgan fingerprint density at radius 2 is 1.06 bits per heavy atom. The van der Waals surface area contributed by atoms with Crippen molar-refractivity contribution < 1.29 is 0 Å². The minimum atomic E-state index is -0.294. The molecule has 0 unspecified atom stereocenters. The maximum Gasteiger partial charge on any atom is 0.212 e. The summed E-state index contributed by atoms with van der Waals surface area (Å²) in [6.45, 7) is 13.4. The van der Waals surface area contributed by atoms with Gasteiger partial charge in [0.1, 0.15) is 6.07 Å². The number of nitrogens with zero attached hydrogens (tertiary/aromatic N) is 5. The minimum Gasteiger partial charge on any atom is -0.319 e. The van der Waals surface area contributed by atoms with E-state index in [4.69, 9.17) is 6.57 Å². The highest BCUT2D eigenvalue weighted by Crippen LogP contribution is 2.54. The van der Waals surface area contributed by atoms with E-state index in [1.165, 1.54) is 33.0 Å². The molecule has 0 spiro atoms. The van der Waals surface area contributed by atoms with Crippen LogP contribution in [-0.4, -0.2) is 13.7 Å². The average molecular weight is 790 g/mol. The summed E-state index contributed by atoms with van der Waals surface area (Å²) in [7, 11) is 0. The number of hydrogen-bond donors (Lipinski definition) is 0. The molecule has 0 bridgehead atoms. The van der Waals surface area contributed by atoms with Crippen molar-refractivity contribution in [3.8, 4) is 34.3 Å². The van der Waals surface area contributed by atoms with Gasteiger partial charge in [-0.05, 0) is 93.7 Å². The van der Waals surface area contributed by atoms with Gasteiger partial charge in [0.25, 0.3) is 0 Å². The second-order valence-electron chi connectivity index (χ2n) is 17.1. The Morgan fingerprint density at radius 1 is 0.484 bits per heavy atom. The van der Waals surface area contributed by atoms with Gasteiger partial charge in [-0.25, -0.2) is 4.85 Å². The molecule has 0 saturated heterocycles. The summed E-state index contributed by atoms with van der Waals surface area (Å²) in [6, 6.07) is 64.8. The van der Waals surface area contributed by atoms with E-state index in [2.05, 4.69) is 196 Å². The first kappa shape index (κ1) is 34.5. The zero-order valence-corrected chi connectivity index (χ0v) is 34.0. The van der Waals surface area contributed by atoms with E-state index in [0.29, 0.717) is 22.6 Å². The molecule has 0 amide bonds. The highest BCUT2D eigenvalue weighted by molar-refractivity contribution is 6.22. The summed E-state index contributed by atoms with van der Waals surface area (Å²) in [5, 5.41) is 20.4. The van der Waals surface area contributed by atoms with Gasteiger partial charge in [0, 0.05) is 43.4 Å². The van der Waals surface area contributed by atoms with E-state index in [1.54, 1.807) is 0 Å². The number of hydrogen-bond acceptors (Lipinski definition) is 1. The lowest BCUT2D eigenvalue weighted by Crippen LogP contribution is -2.15. The van der Waals surface area contributed by atoms with Gasteiger partial charge in [0.05, 0.1) is 56.6 Å². The molecule has 5 heteroatoms. The number of rotatable bonds is 3. The standard InChI is InChI=1S/C57H35N5/c1-57(2)44-20-10-6-16-38(44)41-26-29-51-55(56(41)57)43-31-36(60-46-21-11-7-17-39(46)40-18-8-12-22-47(40)60)25-28-49(43)61(51)52-32-45(59-3)53(30-35(52)33-58)62-48-23-13-9-19-42(48)54-37-15-5-4-14-34(37)24-27-50(54)62/h4-32H,1-2H3. The molecular weight excluding hydrogens is 755 g/mol. The fourth-order valence-corrected chi connectivity index (χ4v) is 11.1. The van der Waals surface area contributed by atoms with Crippen molar-refractivity contribution in [2.24, 2.45) is 0 Å². The quantitative estimate of drug-likeness (QED) is 0.164. The Bertz CT molecular complexity index is 3990. The first-order valence-corrected chi connectivity index (χ1v) is 21.0. The molecule has 9 aromatic carbocycles. The molecule has 288 valence electrons. The molecule has 12 aromatic rings. The Labute approximate surface area is 357 Å². The summed E-state index contributed by atoms with van der Waals surface area (Å²) < 4.78 is 6.78. The Balaban J connectivity index is 1.13. The lowest BCUT2D eigenvalue weighted by Gasteiger charge is -2.22. The molecule has 1 aliphatic carbocycles. The zero-order chi connectivity index (χ0) is 41.4. The van der Waals surface area contributed by atoms with Gasteiger partial charge >= 0.3 is 0 Å².